The molecule has 5 heteroatoms. The maximum Gasteiger partial charge on any atom is 0.244 e. The number of aryl methyl sites for hydroxylation is 1. The van der Waals surface area contributed by atoms with Gasteiger partial charge in [0, 0.05) is 12.1 Å². The van der Waals surface area contributed by atoms with Crippen molar-refractivity contribution in [2.45, 2.75) is 19.9 Å². The summed E-state index contributed by atoms with van der Waals surface area (Å²) in [7, 11) is 2.02. The first-order valence-electron chi connectivity index (χ1n) is 8.42. The van der Waals surface area contributed by atoms with E-state index >= 15 is 0 Å². The second-order valence-corrected chi connectivity index (χ2v) is 6.14. The van der Waals surface area contributed by atoms with E-state index in [1.165, 1.54) is 5.56 Å². The molecule has 25 heavy (non-hydrogen) atoms. The minimum Gasteiger partial charge on any atom is -0.492 e. The van der Waals surface area contributed by atoms with E-state index in [-0.39, 0.29) is 6.04 Å². The van der Waals surface area contributed by atoms with Gasteiger partial charge in [-0.2, -0.15) is 4.98 Å². The summed E-state index contributed by atoms with van der Waals surface area (Å²) >= 11 is 0. The molecule has 130 valence electrons. The summed E-state index contributed by atoms with van der Waals surface area (Å²) in [6.07, 6.45) is 0. The fourth-order valence-electron chi connectivity index (χ4n) is 2.50. The number of rotatable bonds is 7. The fraction of sp³-hybridized carbons (Fsp3) is 0.300. The van der Waals surface area contributed by atoms with Gasteiger partial charge in [0.25, 0.3) is 0 Å². The van der Waals surface area contributed by atoms with Gasteiger partial charge in [-0.15, -0.1) is 0 Å². The molecule has 2 aromatic carbocycles. The van der Waals surface area contributed by atoms with E-state index in [4.69, 9.17) is 9.26 Å². The first kappa shape index (κ1) is 17.2. The monoisotopic (exact) mass is 337 g/mol. The van der Waals surface area contributed by atoms with Crippen LogP contribution < -0.4 is 4.74 Å². The Labute approximate surface area is 148 Å². The molecule has 3 aromatic rings. The molecule has 5 nitrogen and oxygen atoms in total. The third kappa shape index (κ3) is 4.45. The molecule has 0 aliphatic rings. The second-order valence-electron chi connectivity index (χ2n) is 6.14. The van der Waals surface area contributed by atoms with Crippen LogP contribution in [-0.4, -0.2) is 35.2 Å². The maximum atomic E-state index is 5.81. The van der Waals surface area contributed by atoms with Crippen LogP contribution in [0, 0.1) is 6.92 Å². The molecule has 1 aromatic heterocycles. The van der Waals surface area contributed by atoms with Crippen LogP contribution in [-0.2, 0) is 0 Å². The van der Waals surface area contributed by atoms with E-state index < -0.39 is 0 Å². The van der Waals surface area contributed by atoms with Crippen molar-refractivity contribution in [3.8, 4) is 17.1 Å². The minimum atomic E-state index is 0.0195. The number of hydrogen-bond donors (Lipinski definition) is 0. The first-order chi connectivity index (χ1) is 12.1. The highest BCUT2D eigenvalue weighted by Gasteiger charge is 2.19. The summed E-state index contributed by atoms with van der Waals surface area (Å²) < 4.78 is 11.2. The van der Waals surface area contributed by atoms with Gasteiger partial charge in [0.05, 0.1) is 6.04 Å². The van der Waals surface area contributed by atoms with Crippen LogP contribution in [0.2, 0.25) is 0 Å². The summed E-state index contributed by atoms with van der Waals surface area (Å²) in [5.41, 5.74) is 2.15. The predicted molar refractivity (Wildman–Crippen MR) is 97.5 cm³/mol. The number of nitrogens with zero attached hydrogens (tertiary/aromatic N) is 3. The number of hydrogen-bond acceptors (Lipinski definition) is 5. The molecule has 1 atom stereocenters. The van der Waals surface area contributed by atoms with Crippen molar-refractivity contribution in [1.82, 2.24) is 15.0 Å². The van der Waals surface area contributed by atoms with E-state index in [0.717, 1.165) is 17.9 Å². The summed E-state index contributed by atoms with van der Waals surface area (Å²) in [4.78, 5) is 6.66. The summed E-state index contributed by atoms with van der Waals surface area (Å²) in [6, 6.07) is 17.9. The number of aromatic nitrogens is 2. The van der Waals surface area contributed by atoms with E-state index in [0.29, 0.717) is 18.3 Å². The fourth-order valence-corrected chi connectivity index (χ4v) is 2.50. The Kier molecular flexibility index (Phi) is 5.46. The molecule has 3 rings (SSSR count). The summed E-state index contributed by atoms with van der Waals surface area (Å²) in [5, 5.41) is 4.08. The molecular formula is C20H23N3O2. The highest BCUT2D eigenvalue weighted by molar-refractivity contribution is 5.53. The Bertz CT molecular complexity index is 801. The van der Waals surface area contributed by atoms with Gasteiger partial charge in [-0.1, -0.05) is 47.6 Å². The second kappa shape index (κ2) is 7.94. The smallest absolute Gasteiger partial charge is 0.244 e. The molecule has 0 bridgehead atoms. The van der Waals surface area contributed by atoms with Crippen molar-refractivity contribution in [3.63, 3.8) is 0 Å². The summed E-state index contributed by atoms with van der Waals surface area (Å²) in [6.45, 7) is 5.47. The normalized spacial score (nSPS) is 12.3. The molecule has 1 unspecified atom stereocenters. The lowest BCUT2D eigenvalue weighted by molar-refractivity contribution is 0.174. The maximum absolute atomic E-state index is 5.81. The highest BCUT2D eigenvalue weighted by atomic mass is 16.5. The van der Waals surface area contributed by atoms with Crippen molar-refractivity contribution in [2.24, 2.45) is 0 Å². The van der Waals surface area contributed by atoms with E-state index in [1.54, 1.807) is 0 Å². The van der Waals surface area contributed by atoms with Gasteiger partial charge < -0.3 is 9.26 Å². The Morgan fingerprint density at radius 3 is 2.68 bits per heavy atom. The quantitative estimate of drug-likeness (QED) is 0.649. The molecule has 0 aliphatic carbocycles. The number of likely N-dealkylation sites (N-methyl/N-ethyl adjacent to an activating group) is 1. The van der Waals surface area contributed by atoms with Gasteiger partial charge in [-0.05, 0) is 38.6 Å². The standard InChI is InChI=1S/C20H23N3O2/c1-15-8-7-11-18(14-15)24-13-12-23(3)16(2)20-21-19(22-25-20)17-9-5-4-6-10-17/h4-11,14,16H,12-13H2,1-3H3. The van der Waals surface area contributed by atoms with Crippen LogP contribution in [0.5, 0.6) is 5.75 Å². The van der Waals surface area contributed by atoms with Crippen LogP contribution in [0.4, 0.5) is 0 Å². The van der Waals surface area contributed by atoms with Crippen LogP contribution in [0.15, 0.2) is 59.1 Å². The SMILES string of the molecule is Cc1cccc(OCCN(C)C(C)c2nc(-c3ccccc3)no2)c1. The predicted octanol–water partition coefficient (Wildman–Crippen LogP) is 4.12. The molecule has 0 aliphatic heterocycles. The lowest BCUT2D eigenvalue weighted by atomic mass is 10.2. The van der Waals surface area contributed by atoms with Crippen molar-refractivity contribution < 1.29 is 9.26 Å². The average Bonchev–Trinajstić information content (AvgIpc) is 3.12. The highest BCUT2D eigenvalue weighted by Crippen LogP contribution is 2.21. The van der Waals surface area contributed by atoms with Gasteiger partial charge in [0.15, 0.2) is 0 Å². The zero-order chi connectivity index (χ0) is 17.6. The van der Waals surface area contributed by atoms with Gasteiger partial charge >= 0.3 is 0 Å². The van der Waals surface area contributed by atoms with Crippen molar-refractivity contribution >= 4 is 0 Å². The van der Waals surface area contributed by atoms with Crippen LogP contribution in [0.1, 0.15) is 24.4 Å². The molecule has 0 spiro atoms. The Morgan fingerprint density at radius 1 is 1.12 bits per heavy atom. The Balaban J connectivity index is 1.55. The molecule has 0 radical (unpaired) electrons. The first-order valence-corrected chi connectivity index (χ1v) is 8.42. The van der Waals surface area contributed by atoms with Crippen LogP contribution in [0.3, 0.4) is 0 Å². The van der Waals surface area contributed by atoms with Crippen LogP contribution >= 0.6 is 0 Å². The largest absolute Gasteiger partial charge is 0.492 e. The average molecular weight is 337 g/mol. The molecular weight excluding hydrogens is 314 g/mol. The number of ether oxygens (including phenoxy) is 1. The lowest BCUT2D eigenvalue weighted by Gasteiger charge is -2.21. The van der Waals surface area contributed by atoms with E-state index in [2.05, 4.69) is 35.0 Å². The topological polar surface area (TPSA) is 51.4 Å². The molecule has 0 N–H and O–H groups in total. The summed E-state index contributed by atoms with van der Waals surface area (Å²) in [5.74, 6) is 2.12. The third-order valence-corrected chi connectivity index (χ3v) is 4.19. The zero-order valence-corrected chi connectivity index (χ0v) is 14.8. The van der Waals surface area contributed by atoms with Gasteiger partial charge in [0.2, 0.25) is 11.7 Å². The third-order valence-electron chi connectivity index (χ3n) is 4.19. The minimum absolute atomic E-state index is 0.0195. The Morgan fingerprint density at radius 2 is 1.92 bits per heavy atom. The molecule has 0 saturated heterocycles. The van der Waals surface area contributed by atoms with Gasteiger partial charge in [-0.3, -0.25) is 4.90 Å². The zero-order valence-electron chi connectivity index (χ0n) is 14.8. The van der Waals surface area contributed by atoms with E-state index in [9.17, 15) is 0 Å². The van der Waals surface area contributed by atoms with Gasteiger partial charge in [0.1, 0.15) is 12.4 Å². The molecule has 0 fully saturated rings. The Hall–Kier alpha value is -2.66. The van der Waals surface area contributed by atoms with Crippen molar-refractivity contribution in [1.29, 1.82) is 0 Å². The molecule has 0 saturated carbocycles. The van der Waals surface area contributed by atoms with Crippen molar-refractivity contribution in [3.05, 3.63) is 66.1 Å². The number of benzene rings is 2. The molecule has 0 amide bonds. The van der Waals surface area contributed by atoms with E-state index in [1.807, 2.05) is 55.6 Å². The van der Waals surface area contributed by atoms with Gasteiger partial charge in [-0.25, -0.2) is 0 Å². The van der Waals surface area contributed by atoms with Crippen LogP contribution in [0.25, 0.3) is 11.4 Å². The van der Waals surface area contributed by atoms with Crippen molar-refractivity contribution in [2.75, 3.05) is 20.2 Å². The molecule has 1 heterocycles. The lowest BCUT2D eigenvalue weighted by Crippen LogP contribution is -2.27.